The maximum absolute atomic E-state index is 5.94. The van der Waals surface area contributed by atoms with Crippen LogP contribution in [0.1, 0.15) is 31.4 Å². The number of aromatic nitrogens is 2. The van der Waals surface area contributed by atoms with Gasteiger partial charge >= 0.3 is 0 Å². The van der Waals surface area contributed by atoms with Crippen LogP contribution in [-0.2, 0) is 0 Å². The third-order valence-electron chi connectivity index (χ3n) is 2.04. The number of nitrogens with zero attached hydrogens (tertiary/aromatic N) is 2. The number of rotatable bonds is 4. The van der Waals surface area contributed by atoms with Crippen molar-refractivity contribution in [1.29, 1.82) is 0 Å². The van der Waals surface area contributed by atoms with Gasteiger partial charge in [0.2, 0.25) is 0 Å². The van der Waals surface area contributed by atoms with Crippen LogP contribution in [0.15, 0.2) is 30.6 Å². The Hall–Kier alpha value is -1.22. The van der Waals surface area contributed by atoms with Crippen molar-refractivity contribution in [2.45, 2.75) is 25.8 Å². The van der Waals surface area contributed by atoms with E-state index in [9.17, 15) is 0 Å². The molecule has 0 amide bonds. The summed E-state index contributed by atoms with van der Waals surface area (Å²) in [5, 5.41) is 7.48. The molecule has 0 aliphatic rings. The lowest BCUT2D eigenvalue weighted by molar-refractivity contribution is 0.694. The molecule has 1 aromatic rings. The third-order valence-corrected chi connectivity index (χ3v) is 2.04. The highest BCUT2D eigenvalue weighted by Gasteiger charge is 2.06. The average molecular weight is 177 g/mol. The lowest BCUT2D eigenvalue weighted by atomic mass is 10.0. The van der Waals surface area contributed by atoms with E-state index in [1.165, 1.54) is 5.57 Å². The molecule has 0 bridgehead atoms. The molecule has 0 aromatic carbocycles. The Kier molecular flexibility index (Phi) is 3.58. The second-order valence-electron chi connectivity index (χ2n) is 3.09. The lowest BCUT2D eigenvalue weighted by Crippen LogP contribution is -2.11. The third kappa shape index (κ3) is 2.95. The molecule has 0 saturated heterocycles. The van der Waals surface area contributed by atoms with Gasteiger partial charge in [-0.15, -0.1) is 0 Å². The second-order valence-corrected chi connectivity index (χ2v) is 3.09. The zero-order chi connectivity index (χ0) is 9.68. The molecule has 13 heavy (non-hydrogen) atoms. The summed E-state index contributed by atoms with van der Waals surface area (Å²) in [6.07, 6.45) is 5.16. The van der Waals surface area contributed by atoms with Crippen LogP contribution in [0.2, 0.25) is 0 Å². The molecule has 0 saturated carbocycles. The van der Waals surface area contributed by atoms with E-state index in [1.807, 2.05) is 6.07 Å². The van der Waals surface area contributed by atoms with Crippen LogP contribution >= 0.6 is 0 Å². The highest BCUT2D eigenvalue weighted by molar-refractivity contribution is 5.13. The van der Waals surface area contributed by atoms with Gasteiger partial charge in [-0.2, -0.15) is 10.2 Å². The summed E-state index contributed by atoms with van der Waals surface area (Å²) < 4.78 is 0. The van der Waals surface area contributed by atoms with Crippen molar-refractivity contribution in [3.05, 3.63) is 36.2 Å². The lowest BCUT2D eigenvalue weighted by Gasteiger charge is -2.11. The Labute approximate surface area is 78.7 Å². The van der Waals surface area contributed by atoms with Gasteiger partial charge in [-0.25, -0.2) is 0 Å². The minimum absolute atomic E-state index is 0.00273. The van der Waals surface area contributed by atoms with Gasteiger partial charge in [-0.3, -0.25) is 0 Å². The Balaban J connectivity index is 2.59. The molecule has 0 spiro atoms. The van der Waals surface area contributed by atoms with E-state index in [0.717, 1.165) is 18.4 Å². The number of hydrogen-bond acceptors (Lipinski definition) is 3. The van der Waals surface area contributed by atoms with E-state index in [-0.39, 0.29) is 6.04 Å². The van der Waals surface area contributed by atoms with Crippen LogP contribution in [0.3, 0.4) is 0 Å². The minimum atomic E-state index is 0.00273. The van der Waals surface area contributed by atoms with Gasteiger partial charge in [-0.05, 0) is 24.5 Å². The Morgan fingerprint density at radius 1 is 1.62 bits per heavy atom. The van der Waals surface area contributed by atoms with Crippen LogP contribution in [-0.4, -0.2) is 10.2 Å². The molecule has 0 radical (unpaired) electrons. The standard InChI is InChI=1S/C10H15N3/c1-3-8(2)6-10(11)9-4-5-12-13-7-9/h4-5,7,10H,2-3,6,11H2,1H3. The fourth-order valence-electron chi connectivity index (χ4n) is 1.09. The first-order chi connectivity index (χ1) is 6.24. The predicted octanol–water partition coefficient (Wildman–Crippen LogP) is 1.83. The smallest absolute Gasteiger partial charge is 0.0544 e. The summed E-state index contributed by atoms with van der Waals surface area (Å²) >= 11 is 0. The molecule has 0 aliphatic carbocycles. The fraction of sp³-hybridized carbons (Fsp3) is 0.400. The van der Waals surface area contributed by atoms with Crippen LogP contribution < -0.4 is 5.73 Å². The molecule has 1 unspecified atom stereocenters. The quantitative estimate of drug-likeness (QED) is 0.714. The molecule has 1 rings (SSSR count). The van der Waals surface area contributed by atoms with Crippen molar-refractivity contribution in [3.8, 4) is 0 Å². The molecule has 0 fully saturated rings. The first-order valence-electron chi connectivity index (χ1n) is 4.43. The van der Waals surface area contributed by atoms with Gasteiger partial charge in [0.15, 0.2) is 0 Å². The predicted molar refractivity (Wildman–Crippen MR) is 53.0 cm³/mol. The normalized spacial score (nSPS) is 12.5. The van der Waals surface area contributed by atoms with Crippen molar-refractivity contribution in [1.82, 2.24) is 10.2 Å². The first kappa shape index (κ1) is 9.86. The van der Waals surface area contributed by atoms with Crippen LogP contribution in [0.25, 0.3) is 0 Å². The van der Waals surface area contributed by atoms with Gasteiger partial charge < -0.3 is 5.73 Å². The molecule has 3 heteroatoms. The van der Waals surface area contributed by atoms with Gasteiger partial charge in [0, 0.05) is 12.2 Å². The summed E-state index contributed by atoms with van der Waals surface area (Å²) in [4.78, 5) is 0. The van der Waals surface area contributed by atoms with Gasteiger partial charge in [-0.1, -0.05) is 19.1 Å². The molecular formula is C10H15N3. The minimum Gasteiger partial charge on any atom is -0.324 e. The van der Waals surface area contributed by atoms with Crippen LogP contribution in [0.5, 0.6) is 0 Å². The van der Waals surface area contributed by atoms with Crippen molar-refractivity contribution >= 4 is 0 Å². The maximum Gasteiger partial charge on any atom is 0.0544 e. The van der Waals surface area contributed by atoms with Crippen LogP contribution in [0.4, 0.5) is 0 Å². The largest absolute Gasteiger partial charge is 0.324 e. The van der Waals surface area contributed by atoms with Crippen molar-refractivity contribution in [2.24, 2.45) is 5.73 Å². The Bertz CT molecular complexity index is 269. The van der Waals surface area contributed by atoms with E-state index in [0.29, 0.717) is 0 Å². The maximum atomic E-state index is 5.94. The van der Waals surface area contributed by atoms with E-state index in [1.54, 1.807) is 12.4 Å². The molecule has 0 aliphatic heterocycles. The summed E-state index contributed by atoms with van der Waals surface area (Å²) in [6.45, 7) is 6.01. The monoisotopic (exact) mass is 177 g/mol. The van der Waals surface area contributed by atoms with Gasteiger partial charge in [0.1, 0.15) is 0 Å². The van der Waals surface area contributed by atoms with E-state index in [2.05, 4.69) is 23.7 Å². The molecular weight excluding hydrogens is 162 g/mol. The summed E-state index contributed by atoms with van der Waals surface area (Å²) in [6, 6.07) is 1.89. The molecule has 1 atom stereocenters. The van der Waals surface area contributed by atoms with Gasteiger partial charge in [0.05, 0.1) is 6.20 Å². The summed E-state index contributed by atoms with van der Waals surface area (Å²) in [5.41, 5.74) is 8.13. The van der Waals surface area contributed by atoms with Crippen molar-refractivity contribution in [3.63, 3.8) is 0 Å². The molecule has 3 nitrogen and oxygen atoms in total. The average Bonchev–Trinajstić information content (AvgIpc) is 2.19. The molecule has 2 N–H and O–H groups in total. The van der Waals surface area contributed by atoms with E-state index in [4.69, 9.17) is 5.73 Å². The molecule has 70 valence electrons. The molecule has 1 aromatic heterocycles. The Morgan fingerprint density at radius 3 is 2.92 bits per heavy atom. The zero-order valence-electron chi connectivity index (χ0n) is 7.90. The van der Waals surface area contributed by atoms with Crippen LogP contribution in [0, 0.1) is 0 Å². The zero-order valence-corrected chi connectivity index (χ0v) is 7.90. The second kappa shape index (κ2) is 4.72. The first-order valence-corrected chi connectivity index (χ1v) is 4.43. The van der Waals surface area contributed by atoms with E-state index >= 15 is 0 Å². The highest BCUT2D eigenvalue weighted by atomic mass is 15.1. The number of hydrogen-bond donors (Lipinski definition) is 1. The fourth-order valence-corrected chi connectivity index (χ4v) is 1.09. The van der Waals surface area contributed by atoms with E-state index < -0.39 is 0 Å². The van der Waals surface area contributed by atoms with Crippen molar-refractivity contribution < 1.29 is 0 Å². The molecule has 1 heterocycles. The SMILES string of the molecule is C=C(CC)CC(N)c1ccnnc1. The summed E-state index contributed by atoms with van der Waals surface area (Å²) in [5.74, 6) is 0. The van der Waals surface area contributed by atoms with Crippen molar-refractivity contribution in [2.75, 3.05) is 0 Å². The number of nitrogens with two attached hydrogens (primary N) is 1. The van der Waals surface area contributed by atoms with Gasteiger partial charge in [0.25, 0.3) is 0 Å². The highest BCUT2D eigenvalue weighted by Crippen LogP contribution is 2.17. The Morgan fingerprint density at radius 2 is 2.38 bits per heavy atom. The topological polar surface area (TPSA) is 51.8 Å². The summed E-state index contributed by atoms with van der Waals surface area (Å²) in [7, 11) is 0.